The van der Waals surface area contributed by atoms with Crippen molar-refractivity contribution >= 4 is 55.5 Å². The SMILES string of the molecule is CC(C)(C)CCC(C)(C)C(=O)OCC(COP(=O)(O)OCCNC(=O)OC(C)(C)CCOC(C)(C)CNC(=O)COCC(=O)NCCN(CCO)c1ccc(/C=C/c2ccncn2)cc1)OC(=O)C(C)(C)CCC(C)(C)N. The summed E-state index contributed by atoms with van der Waals surface area (Å²) in [6, 6.07) is 9.56. The molecule has 0 aliphatic heterocycles. The standard InChI is InChI=1S/C54H90N7O15P/c1-49(2,3)21-22-50(4,5)46(65)71-34-43(75-47(66)51(6,7)23-24-52(8,9)55)35-74-77(68,69)73-33-28-58-48(67)76-53(10,11)25-32-72-54(12,13)38-59-45(64)37-70-36-44(63)57-27-29-61(30-31-62)42-18-15-40(16-19-42)14-17-41-20-26-56-39-60-41/h14-20,26,39,43,62H,21-25,27-38,55H2,1-13H3,(H,57,63)(H,58,67)(H,59,64)(H,68,69)/b17-14+. The van der Waals surface area contributed by atoms with Crippen molar-refractivity contribution in [2.45, 2.75) is 145 Å². The number of hydrogen-bond acceptors (Lipinski definition) is 18. The second-order valence-electron chi connectivity index (χ2n) is 23.4. The summed E-state index contributed by atoms with van der Waals surface area (Å²) in [7, 11) is -4.77. The number of rotatable bonds is 36. The fourth-order valence-electron chi connectivity index (χ4n) is 6.66. The number of amides is 3. The van der Waals surface area contributed by atoms with Crippen LogP contribution >= 0.6 is 7.82 Å². The molecule has 436 valence electrons. The number of anilines is 1. The molecule has 0 bridgehead atoms. The number of hydrogen-bond donors (Lipinski definition) is 6. The van der Waals surface area contributed by atoms with Crippen LogP contribution in [0.4, 0.5) is 10.5 Å². The Morgan fingerprint density at radius 1 is 0.727 bits per heavy atom. The summed E-state index contributed by atoms with van der Waals surface area (Å²) in [6.45, 7) is 22.4. The predicted octanol–water partition coefficient (Wildman–Crippen LogP) is 6.37. The second-order valence-corrected chi connectivity index (χ2v) is 24.8. The van der Waals surface area contributed by atoms with Crippen LogP contribution in [0.5, 0.6) is 0 Å². The molecule has 0 aliphatic carbocycles. The number of nitrogens with zero attached hydrogens (tertiary/aromatic N) is 3. The van der Waals surface area contributed by atoms with Gasteiger partial charge in [0.15, 0.2) is 6.10 Å². The zero-order valence-electron chi connectivity index (χ0n) is 47.9. The molecule has 77 heavy (non-hydrogen) atoms. The molecule has 1 heterocycles. The molecule has 0 radical (unpaired) electrons. The van der Waals surface area contributed by atoms with Gasteiger partial charge < -0.3 is 60.3 Å². The highest BCUT2D eigenvalue weighted by Gasteiger charge is 2.36. The number of benzene rings is 1. The molecule has 23 heteroatoms. The van der Waals surface area contributed by atoms with Gasteiger partial charge in [-0.2, -0.15) is 0 Å². The van der Waals surface area contributed by atoms with Crippen LogP contribution in [0, 0.1) is 16.2 Å². The van der Waals surface area contributed by atoms with Gasteiger partial charge in [-0.15, -0.1) is 0 Å². The van der Waals surface area contributed by atoms with Crippen molar-refractivity contribution in [3.05, 3.63) is 54.1 Å². The first-order valence-electron chi connectivity index (χ1n) is 26.0. The van der Waals surface area contributed by atoms with Gasteiger partial charge in [-0.1, -0.05) is 39.0 Å². The summed E-state index contributed by atoms with van der Waals surface area (Å²) in [6.07, 6.45) is 7.32. The normalized spacial score (nSPS) is 13.8. The van der Waals surface area contributed by atoms with Crippen LogP contribution in [0.2, 0.25) is 0 Å². The maximum absolute atomic E-state index is 13.3. The van der Waals surface area contributed by atoms with Crippen molar-refractivity contribution < 1.29 is 71.3 Å². The van der Waals surface area contributed by atoms with E-state index in [-0.39, 0.29) is 57.9 Å². The fraction of sp³-hybridized carbons (Fsp3) is 0.685. The van der Waals surface area contributed by atoms with E-state index in [1.54, 1.807) is 67.7 Å². The van der Waals surface area contributed by atoms with E-state index in [9.17, 15) is 38.5 Å². The third-order valence-electron chi connectivity index (χ3n) is 11.8. The van der Waals surface area contributed by atoms with E-state index < -0.39 is 91.2 Å². The average Bonchev–Trinajstić information content (AvgIpc) is 3.33. The van der Waals surface area contributed by atoms with Crippen LogP contribution < -0.4 is 26.6 Å². The molecule has 7 N–H and O–H groups in total. The Morgan fingerprint density at radius 3 is 1.97 bits per heavy atom. The predicted molar refractivity (Wildman–Crippen MR) is 293 cm³/mol. The molecule has 22 nitrogen and oxygen atoms in total. The molecule has 0 fully saturated rings. The summed E-state index contributed by atoms with van der Waals surface area (Å²) < 4.78 is 51.2. The van der Waals surface area contributed by atoms with Crippen molar-refractivity contribution in [3.63, 3.8) is 0 Å². The number of ether oxygens (including phenoxy) is 5. The Hall–Kier alpha value is -5.06. The van der Waals surface area contributed by atoms with Crippen molar-refractivity contribution in [1.29, 1.82) is 0 Å². The number of nitrogens with two attached hydrogens (primary N) is 1. The van der Waals surface area contributed by atoms with Gasteiger partial charge in [0.25, 0.3) is 0 Å². The molecular weight excluding hydrogens is 1020 g/mol. The van der Waals surface area contributed by atoms with Crippen LogP contribution in [-0.4, -0.2) is 152 Å². The zero-order chi connectivity index (χ0) is 58.1. The van der Waals surface area contributed by atoms with Crippen LogP contribution in [0.3, 0.4) is 0 Å². The largest absolute Gasteiger partial charge is 0.472 e. The Labute approximate surface area is 456 Å². The fourth-order valence-corrected chi connectivity index (χ4v) is 7.41. The lowest BCUT2D eigenvalue weighted by atomic mass is 9.80. The van der Waals surface area contributed by atoms with E-state index in [0.717, 1.165) is 23.4 Å². The molecule has 1 aromatic carbocycles. The van der Waals surface area contributed by atoms with E-state index in [1.165, 1.54) is 6.33 Å². The summed E-state index contributed by atoms with van der Waals surface area (Å²) in [4.78, 5) is 84.6. The van der Waals surface area contributed by atoms with Crippen LogP contribution in [0.1, 0.15) is 133 Å². The molecular formula is C54H90N7O15P. The molecule has 0 aliphatic rings. The Morgan fingerprint density at radius 2 is 1.36 bits per heavy atom. The molecule has 2 atom stereocenters. The topological polar surface area (TPSA) is 299 Å². The highest BCUT2D eigenvalue weighted by Crippen LogP contribution is 2.43. The summed E-state index contributed by atoms with van der Waals surface area (Å²) in [5.41, 5.74) is 4.52. The van der Waals surface area contributed by atoms with Crippen molar-refractivity contribution in [1.82, 2.24) is 25.9 Å². The van der Waals surface area contributed by atoms with Gasteiger partial charge in [0.2, 0.25) is 11.8 Å². The summed E-state index contributed by atoms with van der Waals surface area (Å²) in [5.74, 6) is -2.03. The number of esters is 2. The van der Waals surface area contributed by atoms with Gasteiger partial charge in [-0.05, 0) is 130 Å². The van der Waals surface area contributed by atoms with Gasteiger partial charge in [0, 0.05) is 56.6 Å². The molecule has 0 spiro atoms. The van der Waals surface area contributed by atoms with Gasteiger partial charge in [-0.25, -0.2) is 19.3 Å². The number of carbonyl (C=O) groups is 5. The summed E-state index contributed by atoms with van der Waals surface area (Å²) in [5, 5.41) is 17.6. The van der Waals surface area contributed by atoms with Crippen molar-refractivity contribution in [2.24, 2.45) is 22.0 Å². The lowest BCUT2D eigenvalue weighted by molar-refractivity contribution is -0.172. The first-order valence-corrected chi connectivity index (χ1v) is 27.5. The number of aliphatic hydroxyl groups excluding tert-OH is 1. The molecule has 0 saturated heterocycles. The minimum atomic E-state index is -4.77. The monoisotopic (exact) mass is 1110 g/mol. The Balaban J connectivity index is 1.74. The number of aliphatic hydroxyl groups is 1. The molecule has 2 aromatic rings. The maximum atomic E-state index is 13.3. The number of nitrogens with one attached hydrogen (secondary N) is 3. The molecule has 0 saturated carbocycles. The quantitative estimate of drug-likeness (QED) is 0.0187. The first kappa shape index (κ1) is 68.0. The summed E-state index contributed by atoms with van der Waals surface area (Å²) >= 11 is 0. The maximum Gasteiger partial charge on any atom is 0.472 e. The van der Waals surface area contributed by atoms with Gasteiger partial charge in [0.05, 0.1) is 48.6 Å². The van der Waals surface area contributed by atoms with Gasteiger partial charge >= 0.3 is 25.9 Å². The average molecular weight is 1110 g/mol. The smallest absolute Gasteiger partial charge is 0.461 e. The molecule has 2 rings (SSSR count). The van der Waals surface area contributed by atoms with E-state index >= 15 is 0 Å². The molecule has 2 unspecified atom stereocenters. The van der Waals surface area contributed by atoms with Crippen LogP contribution in [0.15, 0.2) is 42.9 Å². The Bertz CT molecular complexity index is 2210. The lowest BCUT2D eigenvalue weighted by Gasteiger charge is -2.30. The third-order valence-corrected chi connectivity index (χ3v) is 12.8. The second kappa shape index (κ2) is 31.5. The molecule has 3 amide bonds. The minimum absolute atomic E-state index is 0.0183. The van der Waals surface area contributed by atoms with E-state index in [2.05, 4.69) is 46.7 Å². The first-order chi connectivity index (χ1) is 35.6. The highest BCUT2D eigenvalue weighted by atomic mass is 31.2. The van der Waals surface area contributed by atoms with Gasteiger partial charge in [0.1, 0.15) is 31.7 Å². The molecule has 1 aromatic heterocycles. The van der Waals surface area contributed by atoms with Crippen molar-refractivity contribution in [2.75, 3.05) is 83.9 Å². The third kappa shape index (κ3) is 30.6. The Kier molecular flexibility index (Phi) is 27.8. The number of carbonyl (C=O) groups excluding carboxylic acids is 5. The zero-order valence-corrected chi connectivity index (χ0v) is 48.8. The van der Waals surface area contributed by atoms with Crippen LogP contribution in [0.25, 0.3) is 12.2 Å². The number of phosphoric acid groups is 1. The number of phosphoric ester groups is 1. The minimum Gasteiger partial charge on any atom is -0.461 e. The lowest BCUT2D eigenvalue weighted by Crippen LogP contribution is -2.43. The van der Waals surface area contributed by atoms with E-state index in [1.807, 2.05) is 55.2 Å². The van der Waals surface area contributed by atoms with E-state index in [4.69, 9.17) is 38.5 Å². The van der Waals surface area contributed by atoms with Crippen molar-refractivity contribution in [3.8, 4) is 0 Å². The number of alkyl carbamates (subject to hydrolysis) is 1. The van der Waals surface area contributed by atoms with Gasteiger partial charge in [-0.3, -0.25) is 28.2 Å². The van der Waals surface area contributed by atoms with E-state index in [0.29, 0.717) is 32.4 Å². The number of aromatic nitrogens is 2. The highest BCUT2D eigenvalue weighted by molar-refractivity contribution is 7.47. The van der Waals surface area contributed by atoms with Crippen LogP contribution in [-0.2, 0) is 56.5 Å².